The van der Waals surface area contributed by atoms with Crippen molar-refractivity contribution < 1.29 is 23.6 Å². The molecule has 0 atom stereocenters. The number of anilines is 1. The number of aromatic carboxylic acids is 1. The lowest BCUT2D eigenvalue weighted by Gasteiger charge is -2.30. The van der Waals surface area contributed by atoms with Gasteiger partial charge in [-0.3, -0.25) is 0 Å². The standard InChI is InChI=1S/C20H26FN3O4/c1-2-4-18-22-20(28-23-18)24-10-8-14(9-11-24)5-3-12-27-15-6-7-16(19(25)26)17(21)13-15/h6-7,13-14H,2-5,8-12H2,1H3,(H,25,26). The van der Waals surface area contributed by atoms with Gasteiger partial charge in [0.1, 0.15) is 11.6 Å². The molecule has 1 aromatic heterocycles. The van der Waals surface area contributed by atoms with E-state index in [1.54, 1.807) is 0 Å². The van der Waals surface area contributed by atoms with Crippen molar-refractivity contribution >= 4 is 12.0 Å². The average Bonchev–Trinajstić information content (AvgIpc) is 3.14. The number of benzene rings is 1. The van der Waals surface area contributed by atoms with E-state index < -0.39 is 11.8 Å². The first-order chi connectivity index (χ1) is 13.6. The van der Waals surface area contributed by atoms with Crippen molar-refractivity contribution in [2.75, 3.05) is 24.6 Å². The van der Waals surface area contributed by atoms with Crippen LogP contribution in [0.15, 0.2) is 22.7 Å². The summed E-state index contributed by atoms with van der Waals surface area (Å²) in [6.45, 7) is 4.38. The number of ether oxygens (including phenoxy) is 1. The van der Waals surface area contributed by atoms with Gasteiger partial charge in [0.25, 0.3) is 0 Å². The second-order valence-corrected chi connectivity index (χ2v) is 7.11. The van der Waals surface area contributed by atoms with Crippen molar-refractivity contribution in [1.29, 1.82) is 0 Å². The number of piperidine rings is 1. The molecule has 1 aromatic carbocycles. The van der Waals surface area contributed by atoms with Gasteiger partial charge < -0.3 is 19.3 Å². The monoisotopic (exact) mass is 391 g/mol. The average molecular weight is 391 g/mol. The van der Waals surface area contributed by atoms with Crippen LogP contribution in [-0.2, 0) is 6.42 Å². The van der Waals surface area contributed by atoms with Gasteiger partial charge in [-0.1, -0.05) is 12.1 Å². The van der Waals surface area contributed by atoms with E-state index in [1.165, 1.54) is 12.1 Å². The molecule has 0 aliphatic carbocycles. The molecule has 1 fully saturated rings. The molecule has 8 heteroatoms. The summed E-state index contributed by atoms with van der Waals surface area (Å²) in [6, 6.07) is 4.46. The minimum Gasteiger partial charge on any atom is -0.493 e. The highest BCUT2D eigenvalue weighted by atomic mass is 19.1. The van der Waals surface area contributed by atoms with Crippen LogP contribution < -0.4 is 9.64 Å². The Morgan fingerprint density at radius 2 is 2.18 bits per heavy atom. The molecule has 1 aliphatic rings. The number of aryl methyl sites for hydroxylation is 1. The van der Waals surface area contributed by atoms with Crippen LogP contribution in [0.2, 0.25) is 0 Å². The van der Waals surface area contributed by atoms with Crippen LogP contribution in [0, 0.1) is 11.7 Å². The number of carbonyl (C=O) groups is 1. The van der Waals surface area contributed by atoms with Crippen molar-refractivity contribution in [2.45, 2.75) is 45.4 Å². The van der Waals surface area contributed by atoms with E-state index >= 15 is 0 Å². The Morgan fingerprint density at radius 3 is 2.86 bits per heavy atom. The molecule has 1 aliphatic heterocycles. The van der Waals surface area contributed by atoms with Crippen molar-refractivity contribution in [2.24, 2.45) is 5.92 Å². The number of hydrogen-bond acceptors (Lipinski definition) is 6. The third kappa shape index (κ3) is 5.21. The van der Waals surface area contributed by atoms with Gasteiger partial charge in [0.05, 0.1) is 12.2 Å². The summed E-state index contributed by atoms with van der Waals surface area (Å²) in [5.41, 5.74) is -0.345. The second-order valence-electron chi connectivity index (χ2n) is 7.11. The Kier molecular flexibility index (Phi) is 6.84. The van der Waals surface area contributed by atoms with Crippen LogP contribution >= 0.6 is 0 Å². The van der Waals surface area contributed by atoms with E-state index in [0.717, 1.165) is 63.5 Å². The summed E-state index contributed by atoms with van der Waals surface area (Å²) < 4.78 is 24.5. The van der Waals surface area contributed by atoms with Crippen LogP contribution in [0.1, 0.15) is 55.2 Å². The highest BCUT2D eigenvalue weighted by Gasteiger charge is 2.22. The van der Waals surface area contributed by atoms with Gasteiger partial charge in [-0.25, -0.2) is 9.18 Å². The number of hydrogen-bond donors (Lipinski definition) is 1. The van der Waals surface area contributed by atoms with Gasteiger partial charge in [-0.05, 0) is 50.2 Å². The molecular formula is C20H26FN3O4. The lowest BCUT2D eigenvalue weighted by atomic mass is 9.92. The quantitative estimate of drug-likeness (QED) is 0.648. The second kappa shape index (κ2) is 9.52. The van der Waals surface area contributed by atoms with Crippen LogP contribution in [0.25, 0.3) is 0 Å². The van der Waals surface area contributed by atoms with Gasteiger partial charge in [0.2, 0.25) is 0 Å². The highest BCUT2D eigenvalue weighted by molar-refractivity contribution is 5.88. The van der Waals surface area contributed by atoms with Crippen LogP contribution in [0.4, 0.5) is 10.4 Å². The predicted octanol–water partition coefficient (Wildman–Crippen LogP) is 3.94. The van der Waals surface area contributed by atoms with Gasteiger partial charge in [-0.2, -0.15) is 4.98 Å². The Bertz CT molecular complexity index is 788. The van der Waals surface area contributed by atoms with Gasteiger partial charge in [0.15, 0.2) is 5.82 Å². The first-order valence-electron chi connectivity index (χ1n) is 9.80. The third-order valence-electron chi connectivity index (χ3n) is 5.01. The van der Waals surface area contributed by atoms with Gasteiger partial charge >= 0.3 is 12.0 Å². The van der Waals surface area contributed by atoms with E-state index in [9.17, 15) is 9.18 Å². The Hall–Kier alpha value is -2.64. The number of rotatable bonds is 9. The van der Waals surface area contributed by atoms with Crippen LogP contribution in [0.5, 0.6) is 5.75 Å². The summed E-state index contributed by atoms with van der Waals surface area (Å²) in [7, 11) is 0. The molecule has 0 amide bonds. The largest absolute Gasteiger partial charge is 0.493 e. The molecule has 0 radical (unpaired) electrons. The van der Waals surface area contributed by atoms with Crippen molar-refractivity contribution in [1.82, 2.24) is 10.1 Å². The zero-order valence-electron chi connectivity index (χ0n) is 16.1. The minimum absolute atomic E-state index is 0.345. The Balaban J connectivity index is 1.36. The van der Waals surface area contributed by atoms with Crippen LogP contribution in [0.3, 0.4) is 0 Å². The summed E-state index contributed by atoms with van der Waals surface area (Å²) >= 11 is 0. The summed E-state index contributed by atoms with van der Waals surface area (Å²) in [6.07, 6.45) is 5.87. The summed E-state index contributed by atoms with van der Waals surface area (Å²) in [5, 5.41) is 12.8. The molecule has 2 aromatic rings. The molecule has 28 heavy (non-hydrogen) atoms. The van der Waals surface area contributed by atoms with Crippen molar-refractivity contribution in [3.05, 3.63) is 35.4 Å². The fourth-order valence-electron chi connectivity index (χ4n) is 3.43. The van der Waals surface area contributed by atoms with Crippen molar-refractivity contribution in [3.8, 4) is 5.75 Å². The zero-order chi connectivity index (χ0) is 19.9. The summed E-state index contributed by atoms with van der Waals surface area (Å²) in [5.74, 6) is -0.316. The molecular weight excluding hydrogens is 365 g/mol. The first kappa shape index (κ1) is 20.1. The molecule has 1 saturated heterocycles. The molecule has 2 heterocycles. The van der Waals surface area contributed by atoms with E-state index in [1.807, 2.05) is 0 Å². The summed E-state index contributed by atoms with van der Waals surface area (Å²) in [4.78, 5) is 17.4. The molecule has 1 N–H and O–H groups in total. The van der Waals surface area contributed by atoms with Crippen molar-refractivity contribution in [3.63, 3.8) is 0 Å². The number of carboxylic acids is 1. The number of aromatic nitrogens is 2. The lowest BCUT2D eigenvalue weighted by molar-refractivity contribution is 0.0692. The molecule has 152 valence electrons. The molecule has 7 nitrogen and oxygen atoms in total. The van der Waals surface area contributed by atoms with Gasteiger partial charge in [-0.15, -0.1) is 0 Å². The molecule has 0 unspecified atom stereocenters. The predicted molar refractivity (Wildman–Crippen MR) is 101 cm³/mol. The zero-order valence-corrected chi connectivity index (χ0v) is 16.1. The minimum atomic E-state index is -1.28. The van der Waals surface area contributed by atoms with Gasteiger partial charge in [0, 0.05) is 25.6 Å². The third-order valence-corrected chi connectivity index (χ3v) is 5.01. The smallest absolute Gasteiger partial charge is 0.338 e. The highest BCUT2D eigenvalue weighted by Crippen LogP contribution is 2.25. The molecule has 3 rings (SSSR count). The molecule has 0 spiro atoms. The number of carboxylic acid groups (broad SMARTS) is 1. The van der Waals surface area contributed by atoms with E-state index in [0.29, 0.717) is 24.3 Å². The Morgan fingerprint density at radius 1 is 1.39 bits per heavy atom. The van der Waals surface area contributed by atoms with E-state index in [2.05, 4.69) is 22.0 Å². The fraction of sp³-hybridized carbons (Fsp3) is 0.550. The van der Waals surface area contributed by atoms with E-state index in [4.69, 9.17) is 14.4 Å². The van der Waals surface area contributed by atoms with Crippen LogP contribution in [-0.4, -0.2) is 40.9 Å². The maximum Gasteiger partial charge on any atom is 0.338 e. The lowest BCUT2D eigenvalue weighted by Crippen LogP contribution is -2.34. The molecule has 0 saturated carbocycles. The molecule has 0 bridgehead atoms. The topological polar surface area (TPSA) is 88.7 Å². The maximum absolute atomic E-state index is 13.6. The maximum atomic E-state index is 13.6. The first-order valence-corrected chi connectivity index (χ1v) is 9.80. The number of nitrogens with zero attached hydrogens (tertiary/aromatic N) is 3. The normalized spacial score (nSPS) is 15.0. The van der Waals surface area contributed by atoms with E-state index in [-0.39, 0.29) is 5.56 Å². The Labute approximate surface area is 163 Å². The number of halogens is 1. The fourth-order valence-corrected chi connectivity index (χ4v) is 3.43. The SMILES string of the molecule is CCCc1noc(N2CCC(CCCOc3ccc(C(=O)O)c(F)c3)CC2)n1.